The molecule has 0 bridgehead atoms. The van der Waals surface area contributed by atoms with Crippen LogP contribution in [0.15, 0.2) is 35.2 Å². The molecule has 20 heavy (non-hydrogen) atoms. The van der Waals surface area contributed by atoms with Crippen LogP contribution in [0.25, 0.3) is 6.08 Å². The fourth-order valence-electron chi connectivity index (χ4n) is 2.02. The Morgan fingerprint density at radius 3 is 2.90 bits per heavy atom. The van der Waals surface area contributed by atoms with Crippen molar-refractivity contribution in [2.24, 2.45) is 0 Å². The molecule has 0 aliphatic carbocycles. The van der Waals surface area contributed by atoms with Crippen molar-refractivity contribution in [1.29, 1.82) is 0 Å². The van der Waals surface area contributed by atoms with Gasteiger partial charge in [-0.15, -0.1) is 11.3 Å². The molecule has 1 aromatic carbocycles. The number of rotatable bonds is 5. The van der Waals surface area contributed by atoms with Crippen LogP contribution < -0.4 is 4.90 Å². The van der Waals surface area contributed by atoms with Gasteiger partial charge < -0.3 is 10.0 Å². The maximum Gasteiger partial charge on any atom is 0.328 e. The Balaban J connectivity index is 2.14. The fraction of sp³-hybridized carbons (Fsp3) is 0.200. The average Bonchev–Trinajstić information content (AvgIpc) is 2.89. The second-order valence-electron chi connectivity index (χ2n) is 4.55. The number of aryl methyl sites for hydroxylation is 1. The van der Waals surface area contributed by atoms with E-state index in [4.69, 9.17) is 5.11 Å². The molecular weight excluding hydrogens is 272 g/mol. The normalized spacial score (nSPS) is 10.9. The number of hydrogen-bond acceptors (Lipinski definition) is 4. The van der Waals surface area contributed by atoms with Crippen LogP contribution in [0.2, 0.25) is 0 Å². The number of anilines is 1. The molecule has 1 N–H and O–H groups in total. The lowest BCUT2D eigenvalue weighted by molar-refractivity contribution is -0.131. The van der Waals surface area contributed by atoms with Gasteiger partial charge in [0.25, 0.3) is 0 Å². The Hall–Kier alpha value is -2.14. The van der Waals surface area contributed by atoms with E-state index in [1.807, 2.05) is 43.1 Å². The first-order chi connectivity index (χ1) is 9.56. The summed E-state index contributed by atoms with van der Waals surface area (Å²) in [6.07, 6.45) is 2.74. The van der Waals surface area contributed by atoms with Crippen molar-refractivity contribution < 1.29 is 9.90 Å². The van der Waals surface area contributed by atoms with Gasteiger partial charge in [0.05, 0.1) is 17.7 Å². The average molecular weight is 288 g/mol. The first-order valence-electron chi connectivity index (χ1n) is 6.16. The Bertz CT molecular complexity index is 621. The molecular formula is C15H16N2O2S. The minimum atomic E-state index is -0.938. The SMILES string of the molecule is Cc1cc(C=CC(=O)O)ccc1N(C)Cc1cscn1. The summed E-state index contributed by atoms with van der Waals surface area (Å²) in [6.45, 7) is 2.78. The molecule has 0 fully saturated rings. The highest BCUT2D eigenvalue weighted by atomic mass is 32.1. The summed E-state index contributed by atoms with van der Waals surface area (Å²) in [5, 5.41) is 10.7. The summed E-state index contributed by atoms with van der Waals surface area (Å²) in [4.78, 5) is 16.9. The lowest BCUT2D eigenvalue weighted by Gasteiger charge is -2.20. The third-order valence-electron chi connectivity index (χ3n) is 2.93. The minimum absolute atomic E-state index is 0.759. The Morgan fingerprint density at radius 1 is 1.50 bits per heavy atom. The van der Waals surface area contributed by atoms with Crippen molar-refractivity contribution in [3.8, 4) is 0 Å². The zero-order chi connectivity index (χ0) is 14.5. The molecule has 5 heteroatoms. The highest BCUT2D eigenvalue weighted by Gasteiger charge is 2.07. The van der Waals surface area contributed by atoms with Crippen LogP contribution in [0.4, 0.5) is 5.69 Å². The molecule has 104 valence electrons. The number of hydrogen-bond donors (Lipinski definition) is 1. The molecule has 2 aromatic rings. The summed E-state index contributed by atoms with van der Waals surface area (Å²) in [6, 6.07) is 5.90. The lowest BCUT2D eigenvalue weighted by atomic mass is 10.1. The van der Waals surface area contributed by atoms with Crippen LogP contribution in [-0.4, -0.2) is 23.1 Å². The molecule has 0 atom stereocenters. The predicted octanol–water partition coefficient (Wildman–Crippen LogP) is 3.19. The zero-order valence-electron chi connectivity index (χ0n) is 11.4. The van der Waals surface area contributed by atoms with Gasteiger partial charge in [-0.25, -0.2) is 9.78 Å². The van der Waals surface area contributed by atoms with Gasteiger partial charge in [0.15, 0.2) is 0 Å². The first-order valence-corrected chi connectivity index (χ1v) is 7.10. The number of thiazole rings is 1. The molecule has 1 aromatic heterocycles. The van der Waals surface area contributed by atoms with Gasteiger partial charge in [-0.1, -0.05) is 6.07 Å². The van der Waals surface area contributed by atoms with Gasteiger partial charge >= 0.3 is 5.97 Å². The Kier molecular flexibility index (Phi) is 4.53. The van der Waals surface area contributed by atoms with Gasteiger partial charge in [-0.3, -0.25) is 0 Å². The fourth-order valence-corrected chi connectivity index (χ4v) is 2.57. The van der Waals surface area contributed by atoms with E-state index in [0.29, 0.717) is 0 Å². The molecule has 0 saturated heterocycles. The molecule has 0 radical (unpaired) electrons. The number of aromatic nitrogens is 1. The predicted molar refractivity (Wildman–Crippen MR) is 82.1 cm³/mol. The third kappa shape index (κ3) is 3.68. The van der Waals surface area contributed by atoms with Crippen molar-refractivity contribution >= 4 is 29.1 Å². The number of nitrogens with zero attached hydrogens (tertiary/aromatic N) is 2. The van der Waals surface area contributed by atoms with Gasteiger partial charge in [0, 0.05) is 24.2 Å². The van der Waals surface area contributed by atoms with Crippen LogP contribution in [-0.2, 0) is 11.3 Å². The Labute approximate surface area is 122 Å². The maximum absolute atomic E-state index is 10.5. The number of benzene rings is 1. The second-order valence-corrected chi connectivity index (χ2v) is 5.27. The number of aliphatic carboxylic acids is 1. The zero-order valence-corrected chi connectivity index (χ0v) is 12.2. The third-order valence-corrected chi connectivity index (χ3v) is 3.57. The largest absolute Gasteiger partial charge is 0.478 e. The van der Waals surface area contributed by atoms with Crippen molar-refractivity contribution in [1.82, 2.24) is 4.98 Å². The molecule has 0 unspecified atom stereocenters. The van der Waals surface area contributed by atoms with Gasteiger partial charge in [-0.2, -0.15) is 0 Å². The van der Waals surface area contributed by atoms with E-state index in [-0.39, 0.29) is 0 Å². The van der Waals surface area contributed by atoms with Gasteiger partial charge in [0.2, 0.25) is 0 Å². The molecule has 0 saturated carbocycles. The van der Waals surface area contributed by atoms with Crippen LogP contribution in [0.3, 0.4) is 0 Å². The molecule has 2 rings (SSSR count). The van der Waals surface area contributed by atoms with E-state index in [1.165, 1.54) is 0 Å². The molecule has 1 heterocycles. The van der Waals surface area contributed by atoms with Crippen molar-refractivity contribution in [2.45, 2.75) is 13.5 Å². The van der Waals surface area contributed by atoms with E-state index in [2.05, 4.69) is 9.88 Å². The molecule has 0 aliphatic heterocycles. The minimum Gasteiger partial charge on any atom is -0.478 e. The first kappa shape index (κ1) is 14.3. The van der Waals surface area contributed by atoms with Crippen LogP contribution >= 0.6 is 11.3 Å². The smallest absolute Gasteiger partial charge is 0.328 e. The molecule has 4 nitrogen and oxygen atoms in total. The van der Waals surface area contributed by atoms with E-state index in [0.717, 1.165) is 35.1 Å². The summed E-state index contributed by atoms with van der Waals surface area (Å²) in [5.74, 6) is -0.938. The second kappa shape index (κ2) is 6.34. The van der Waals surface area contributed by atoms with Crippen LogP contribution in [0, 0.1) is 6.92 Å². The van der Waals surface area contributed by atoms with Crippen molar-refractivity contribution in [2.75, 3.05) is 11.9 Å². The molecule has 0 amide bonds. The van der Waals surface area contributed by atoms with E-state index >= 15 is 0 Å². The summed E-state index contributed by atoms with van der Waals surface area (Å²) in [5.41, 5.74) is 5.98. The monoisotopic (exact) mass is 288 g/mol. The van der Waals surface area contributed by atoms with E-state index in [9.17, 15) is 4.79 Å². The number of carboxylic acids is 1. The van der Waals surface area contributed by atoms with Crippen molar-refractivity contribution in [3.05, 3.63) is 52.0 Å². The Morgan fingerprint density at radius 2 is 2.30 bits per heavy atom. The van der Waals surface area contributed by atoms with Gasteiger partial charge in [0.1, 0.15) is 0 Å². The lowest BCUT2D eigenvalue weighted by Crippen LogP contribution is -2.17. The highest BCUT2D eigenvalue weighted by Crippen LogP contribution is 2.22. The number of carboxylic acid groups (broad SMARTS) is 1. The van der Waals surface area contributed by atoms with E-state index < -0.39 is 5.97 Å². The standard InChI is InChI=1S/C15H16N2O2S/c1-11-7-12(4-6-15(18)19)3-5-14(11)17(2)8-13-9-20-10-16-13/h3-7,9-10H,8H2,1-2H3,(H,18,19). The molecule has 0 spiro atoms. The summed E-state index contributed by atoms with van der Waals surface area (Å²) < 4.78 is 0. The maximum atomic E-state index is 10.5. The topological polar surface area (TPSA) is 53.4 Å². The highest BCUT2D eigenvalue weighted by molar-refractivity contribution is 7.07. The quantitative estimate of drug-likeness (QED) is 0.859. The van der Waals surface area contributed by atoms with Crippen LogP contribution in [0.5, 0.6) is 0 Å². The summed E-state index contributed by atoms with van der Waals surface area (Å²) in [7, 11) is 2.02. The van der Waals surface area contributed by atoms with Crippen molar-refractivity contribution in [3.63, 3.8) is 0 Å². The molecule has 0 aliphatic rings. The summed E-state index contributed by atoms with van der Waals surface area (Å²) >= 11 is 1.59. The van der Waals surface area contributed by atoms with Crippen LogP contribution in [0.1, 0.15) is 16.8 Å². The number of carbonyl (C=O) groups is 1. The van der Waals surface area contributed by atoms with E-state index in [1.54, 1.807) is 17.4 Å². The van der Waals surface area contributed by atoms with Gasteiger partial charge in [-0.05, 0) is 36.3 Å².